The molecule has 5 heteroatoms. The Balaban J connectivity index is 2.24. The molecule has 130 valence electrons. The van der Waals surface area contributed by atoms with Crippen molar-refractivity contribution in [2.75, 3.05) is 6.61 Å². The van der Waals surface area contributed by atoms with Crippen molar-refractivity contribution in [2.24, 2.45) is 7.05 Å². The Morgan fingerprint density at radius 1 is 0.962 bits per heavy atom. The quantitative estimate of drug-likeness (QED) is 0.647. The van der Waals surface area contributed by atoms with Crippen LogP contribution in [0.1, 0.15) is 11.1 Å². The van der Waals surface area contributed by atoms with Crippen molar-refractivity contribution in [3.8, 4) is 5.88 Å². The Labute approximate surface area is 150 Å². The predicted molar refractivity (Wildman–Crippen MR) is 100 cm³/mol. The molecule has 0 aliphatic carbocycles. The molecule has 0 unspecified atom stereocenters. The molecule has 1 aromatic heterocycles. The average Bonchev–Trinajstić information content (AvgIpc) is 2.68. The first-order valence-corrected chi connectivity index (χ1v) is 8.16. The number of aldehydes is 1. The first kappa shape index (κ1) is 17.4. The first-order chi connectivity index (χ1) is 12.7. The average molecular weight is 346 g/mol. The zero-order chi connectivity index (χ0) is 18.4. The van der Waals surface area contributed by atoms with E-state index in [9.17, 15) is 9.59 Å². The number of rotatable bonds is 5. The van der Waals surface area contributed by atoms with Crippen LogP contribution in [-0.2, 0) is 11.8 Å². The van der Waals surface area contributed by atoms with Gasteiger partial charge in [0.25, 0.3) is 5.56 Å². The summed E-state index contributed by atoms with van der Waals surface area (Å²) in [6, 6.07) is 19.0. The van der Waals surface area contributed by atoms with Gasteiger partial charge in [0.05, 0.1) is 0 Å². The van der Waals surface area contributed by atoms with Gasteiger partial charge in [-0.1, -0.05) is 60.7 Å². The summed E-state index contributed by atoms with van der Waals surface area (Å²) in [6.07, 6.45) is 4.16. The van der Waals surface area contributed by atoms with E-state index in [4.69, 9.17) is 4.74 Å². The van der Waals surface area contributed by atoms with E-state index in [1.807, 2.05) is 60.7 Å². The van der Waals surface area contributed by atoms with Gasteiger partial charge in [-0.05, 0) is 23.3 Å². The predicted octanol–water partition coefficient (Wildman–Crippen LogP) is 1.02. The molecule has 0 N–H and O–H groups in total. The lowest BCUT2D eigenvalue weighted by Gasteiger charge is -2.07. The van der Waals surface area contributed by atoms with E-state index in [1.54, 1.807) is 19.2 Å². The normalized spacial score (nSPS) is 12.2. The Bertz CT molecular complexity index is 1070. The molecule has 1 heterocycles. The minimum Gasteiger partial charge on any atom is -0.468 e. The Kier molecular flexibility index (Phi) is 5.39. The molecule has 2 aromatic carbocycles. The summed E-state index contributed by atoms with van der Waals surface area (Å²) in [6.45, 7) is -0.133. The smallest absolute Gasteiger partial charge is 0.276 e. The maximum atomic E-state index is 12.7. The van der Waals surface area contributed by atoms with Gasteiger partial charge in [0.2, 0.25) is 5.88 Å². The van der Waals surface area contributed by atoms with E-state index >= 15 is 0 Å². The molecule has 0 bridgehead atoms. The van der Waals surface area contributed by atoms with E-state index in [-0.39, 0.29) is 23.4 Å². The minimum absolute atomic E-state index is 0.133. The molecule has 0 spiro atoms. The van der Waals surface area contributed by atoms with Crippen molar-refractivity contribution in [1.82, 2.24) is 9.55 Å². The standard InChI is InChI=1S/C21H18N2O3/c1-23-19(15-17-10-6-3-7-11-17)20(26-13-12-24)22-18(21(23)25)14-16-8-4-2-5-9-16/h2-12,14-15H,13H2,1H3/b18-14-,19-15-. The second-order valence-electron chi connectivity index (χ2n) is 5.64. The molecule has 26 heavy (non-hydrogen) atoms. The number of aromatic nitrogens is 2. The highest BCUT2D eigenvalue weighted by molar-refractivity contribution is 5.53. The highest BCUT2D eigenvalue weighted by Gasteiger charge is 2.07. The molecule has 0 saturated heterocycles. The summed E-state index contributed by atoms with van der Waals surface area (Å²) in [5, 5.41) is 0.762. The summed E-state index contributed by atoms with van der Waals surface area (Å²) in [5.74, 6) is 0.241. The Hall–Kier alpha value is -3.47. The summed E-state index contributed by atoms with van der Waals surface area (Å²) in [7, 11) is 1.66. The molecule has 5 nitrogen and oxygen atoms in total. The molecule has 0 radical (unpaired) electrons. The molecule has 3 aromatic rings. The number of hydrogen-bond acceptors (Lipinski definition) is 4. The van der Waals surface area contributed by atoms with E-state index in [1.165, 1.54) is 4.57 Å². The molecule has 0 aliphatic heterocycles. The fraction of sp³-hybridized carbons (Fsp3) is 0.0952. The van der Waals surface area contributed by atoms with Crippen molar-refractivity contribution >= 4 is 18.4 Å². The van der Waals surface area contributed by atoms with E-state index in [0.717, 1.165) is 11.1 Å². The van der Waals surface area contributed by atoms with Crippen LogP contribution in [0.4, 0.5) is 0 Å². The maximum Gasteiger partial charge on any atom is 0.276 e. The van der Waals surface area contributed by atoms with Crippen LogP contribution in [0.25, 0.3) is 12.2 Å². The van der Waals surface area contributed by atoms with Crippen molar-refractivity contribution in [3.05, 3.63) is 92.8 Å². The second-order valence-corrected chi connectivity index (χ2v) is 5.64. The van der Waals surface area contributed by atoms with E-state index in [2.05, 4.69) is 4.98 Å². The van der Waals surface area contributed by atoms with Gasteiger partial charge in [-0.15, -0.1) is 0 Å². The largest absolute Gasteiger partial charge is 0.468 e. The third-order valence-electron chi connectivity index (χ3n) is 3.82. The summed E-state index contributed by atoms with van der Waals surface area (Å²) >= 11 is 0. The summed E-state index contributed by atoms with van der Waals surface area (Å²) < 4.78 is 6.96. The van der Waals surface area contributed by atoms with Gasteiger partial charge in [0.1, 0.15) is 17.3 Å². The first-order valence-electron chi connectivity index (χ1n) is 8.16. The number of carbonyl (C=O) groups excluding carboxylic acids is 1. The van der Waals surface area contributed by atoms with Crippen LogP contribution >= 0.6 is 0 Å². The molecule has 3 rings (SSSR count). The minimum atomic E-state index is -0.241. The van der Waals surface area contributed by atoms with E-state index < -0.39 is 0 Å². The van der Waals surface area contributed by atoms with Gasteiger partial charge < -0.3 is 9.30 Å². The zero-order valence-corrected chi connectivity index (χ0v) is 14.3. The summed E-state index contributed by atoms with van der Waals surface area (Å²) in [4.78, 5) is 27.8. The second kappa shape index (κ2) is 8.07. The van der Waals surface area contributed by atoms with Gasteiger partial charge in [-0.2, -0.15) is 0 Å². The lowest BCUT2D eigenvalue weighted by molar-refractivity contribution is -0.109. The highest BCUT2D eigenvalue weighted by Crippen LogP contribution is 2.01. The van der Waals surface area contributed by atoms with Crippen LogP contribution < -0.4 is 21.0 Å². The number of hydrogen-bond donors (Lipinski definition) is 0. The van der Waals surface area contributed by atoms with Crippen molar-refractivity contribution in [1.29, 1.82) is 0 Å². The van der Waals surface area contributed by atoms with Gasteiger partial charge in [-0.3, -0.25) is 9.59 Å². The number of ether oxygens (including phenoxy) is 1. The van der Waals surface area contributed by atoms with Crippen LogP contribution in [-0.4, -0.2) is 22.4 Å². The lowest BCUT2D eigenvalue weighted by Crippen LogP contribution is -2.44. The third kappa shape index (κ3) is 3.95. The van der Waals surface area contributed by atoms with Crippen molar-refractivity contribution in [3.63, 3.8) is 0 Å². The number of benzene rings is 2. The van der Waals surface area contributed by atoms with Gasteiger partial charge >= 0.3 is 0 Å². The number of carbonyl (C=O) groups is 1. The van der Waals surface area contributed by atoms with Crippen LogP contribution in [0.15, 0.2) is 65.5 Å². The third-order valence-corrected chi connectivity index (χ3v) is 3.82. The monoisotopic (exact) mass is 346 g/mol. The van der Waals surface area contributed by atoms with E-state index in [0.29, 0.717) is 11.6 Å². The topological polar surface area (TPSA) is 61.2 Å². The fourth-order valence-electron chi connectivity index (χ4n) is 2.53. The summed E-state index contributed by atoms with van der Waals surface area (Å²) in [5.41, 5.74) is 1.52. The molecule has 0 saturated carbocycles. The SMILES string of the molecule is Cn1c(=O)/c(=C/c2ccccc2)nc(OCC=O)/c1=C/c1ccccc1. The van der Waals surface area contributed by atoms with Crippen LogP contribution in [0.2, 0.25) is 0 Å². The molecule has 0 atom stereocenters. The molecule has 0 aliphatic rings. The lowest BCUT2D eigenvalue weighted by atomic mass is 10.2. The number of nitrogens with zero attached hydrogens (tertiary/aromatic N) is 2. The van der Waals surface area contributed by atoms with Crippen LogP contribution in [0.5, 0.6) is 5.88 Å². The molecular formula is C21H18N2O3. The Morgan fingerprint density at radius 2 is 1.54 bits per heavy atom. The highest BCUT2D eigenvalue weighted by atomic mass is 16.5. The van der Waals surface area contributed by atoms with Crippen molar-refractivity contribution < 1.29 is 9.53 Å². The molecular weight excluding hydrogens is 328 g/mol. The molecule has 0 amide bonds. The fourth-order valence-corrected chi connectivity index (χ4v) is 2.53. The van der Waals surface area contributed by atoms with Gasteiger partial charge in [0, 0.05) is 7.05 Å². The van der Waals surface area contributed by atoms with Gasteiger partial charge in [0.15, 0.2) is 6.29 Å². The van der Waals surface area contributed by atoms with Gasteiger partial charge in [-0.25, -0.2) is 4.98 Å². The molecule has 0 fully saturated rings. The Morgan fingerprint density at radius 3 is 2.12 bits per heavy atom. The van der Waals surface area contributed by atoms with Crippen molar-refractivity contribution in [2.45, 2.75) is 0 Å². The maximum absolute atomic E-state index is 12.7. The van der Waals surface area contributed by atoms with Crippen LogP contribution in [0, 0.1) is 0 Å². The van der Waals surface area contributed by atoms with Crippen LogP contribution in [0.3, 0.4) is 0 Å². The zero-order valence-electron chi connectivity index (χ0n) is 14.3.